The Morgan fingerprint density at radius 1 is 1.22 bits per heavy atom. The lowest BCUT2D eigenvalue weighted by atomic mass is 10.1. The van der Waals surface area contributed by atoms with E-state index >= 15 is 0 Å². The SMILES string of the molecule is CCOc1cc(/C=C2\SC(=O)N([C@@H](C)CC)C2=O)ccc1OCC(=O)OC. The fourth-order valence-corrected chi connectivity index (χ4v) is 3.32. The summed E-state index contributed by atoms with van der Waals surface area (Å²) in [4.78, 5) is 37.5. The summed E-state index contributed by atoms with van der Waals surface area (Å²) in [5.41, 5.74) is 0.693. The molecule has 1 aromatic rings. The molecule has 2 amide bonds. The number of amides is 2. The average molecular weight is 393 g/mol. The molecule has 0 radical (unpaired) electrons. The summed E-state index contributed by atoms with van der Waals surface area (Å²) >= 11 is 0.926. The van der Waals surface area contributed by atoms with E-state index in [0.29, 0.717) is 35.0 Å². The van der Waals surface area contributed by atoms with E-state index in [0.717, 1.165) is 11.8 Å². The first-order valence-corrected chi connectivity index (χ1v) is 9.46. The number of nitrogens with zero attached hydrogens (tertiary/aromatic N) is 1. The second kappa shape index (κ2) is 9.45. The van der Waals surface area contributed by atoms with Crippen molar-refractivity contribution in [3.05, 3.63) is 28.7 Å². The van der Waals surface area contributed by atoms with Crippen LogP contribution in [0.2, 0.25) is 0 Å². The summed E-state index contributed by atoms with van der Waals surface area (Å²) in [6, 6.07) is 4.94. The highest BCUT2D eigenvalue weighted by Gasteiger charge is 2.37. The number of esters is 1. The molecule has 146 valence electrons. The maximum atomic E-state index is 12.5. The quantitative estimate of drug-likeness (QED) is 0.494. The van der Waals surface area contributed by atoms with Crippen LogP contribution in [0.5, 0.6) is 11.5 Å². The van der Waals surface area contributed by atoms with Gasteiger partial charge in [-0.3, -0.25) is 14.5 Å². The van der Waals surface area contributed by atoms with Crippen LogP contribution in [-0.4, -0.2) is 48.4 Å². The van der Waals surface area contributed by atoms with Crippen molar-refractivity contribution in [1.29, 1.82) is 0 Å². The zero-order chi connectivity index (χ0) is 20.0. The van der Waals surface area contributed by atoms with Crippen LogP contribution in [0.25, 0.3) is 6.08 Å². The van der Waals surface area contributed by atoms with E-state index < -0.39 is 5.97 Å². The molecule has 27 heavy (non-hydrogen) atoms. The zero-order valence-corrected chi connectivity index (χ0v) is 16.6. The van der Waals surface area contributed by atoms with Crippen molar-refractivity contribution in [3.8, 4) is 11.5 Å². The maximum Gasteiger partial charge on any atom is 0.343 e. The highest BCUT2D eigenvalue weighted by atomic mass is 32.2. The molecule has 1 aromatic carbocycles. The smallest absolute Gasteiger partial charge is 0.343 e. The van der Waals surface area contributed by atoms with Crippen LogP contribution in [0.3, 0.4) is 0 Å². The molecule has 1 aliphatic rings. The minimum absolute atomic E-state index is 0.142. The van der Waals surface area contributed by atoms with E-state index in [1.807, 2.05) is 20.8 Å². The van der Waals surface area contributed by atoms with Gasteiger partial charge in [-0.25, -0.2) is 4.79 Å². The minimum Gasteiger partial charge on any atom is -0.490 e. The van der Waals surface area contributed by atoms with E-state index in [-0.39, 0.29) is 23.8 Å². The van der Waals surface area contributed by atoms with Crippen LogP contribution in [-0.2, 0) is 14.3 Å². The van der Waals surface area contributed by atoms with Crippen molar-refractivity contribution in [3.63, 3.8) is 0 Å². The van der Waals surface area contributed by atoms with Gasteiger partial charge < -0.3 is 14.2 Å². The summed E-state index contributed by atoms with van der Waals surface area (Å²) in [5, 5.41) is -0.260. The first-order chi connectivity index (χ1) is 12.9. The lowest BCUT2D eigenvalue weighted by Crippen LogP contribution is -2.36. The van der Waals surface area contributed by atoms with Crippen LogP contribution in [0.1, 0.15) is 32.8 Å². The summed E-state index contributed by atoms with van der Waals surface area (Å²) in [6.45, 7) is 5.78. The third-order valence-electron chi connectivity index (χ3n) is 3.99. The van der Waals surface area contributed by atoms with Gasteiger partial charge in [0.05, 0.1) is 18.6 Å². The molecule has 1 fully saturated rings. The molecule has 0 saturated carbocycles. The summed E-state index contributed by atoms with van der Waals surface area (Å²) in [6.07, 6.45) is 2.35. The van der Waals surface area contributed by atoms with E-state index in [2.05, 4.69) is 4.74 Å². The second-order valence-corrected chi connectivity index (χ2v) is 6.81. The third-order valence-corrected chi connectivity index (χ3v) is 4.88. The lowest BCUT2D eigenvalue weighted by molar-refractivity contribution is -0.143. The topological polar surface area (TPSA) is 82.1 Å². The Kier molecular flexibility index (Phi) is 7.29. The molecule has 0 spiro atoms. The predicted molar refractivity (Wildman–Crippen MR) is 103 cm³/mol. The molecular weight excluding hydrogens is 370 g/mol. The Labute approximate surface area is 162 Å². The Balaban J connectivity index is 2.24. The number of methoxy groups -OCH3 is 1. The number of imide groups is 1. The highest BCUT2D eigenvalue weighted by Crippen LogP contribution is 2.36. The van der Waals surface area contributed by atoms with Gasteiger partial charge in [-0.2, -0.15) is 0 Å². The largest absolute Gasteiger partial charge is 0.490 e. The van der Waals surface area contributed by atoms with Gasteiger partial charge in [0.1, 0.15) is 0 Å². The van der Waals surface area contributed by atoms with Crippen LogP contribution in [0.4, 0.5) is 4.79 Å². The van der Waals surface area contributed by atoms with Gasteiger partial charge >= 0.3 is 5.97 Å². The number of thioether (sulfide) groups is 1. The van der Waals surface area contributed by atoms with E-state index in [4.69, 9.17) is 9.47 Å². The third kappa shape index (κ3) is 5.03. The number of ether oxygens (including phenoxy) is 3. The number of carbonyl (C=O) groups excluding carboxylic acids is 3. The number of hydrogen-bond acceptors (Lipinski definition) is 7. The van der Waals surface area contributed by atoms with E-state index in [9.17, 15) is 14.4 Å². The molecule has 1 saturated heterocycles. The van der Waals surface area contributed by atoms with Gasteiger partial charge in [-0.05, 0) is 55.8 Å². The molecule has 0 aromatic heterocycles. The van der Waals surface area contributed by atoms with Gasteiger partial charge in [0.2, 0.25) is 0 Å². The number of carbonyl (C=O) groups is 3. The molecule has 0 bridgehead atoms. The van der Waals surface area contributed by atoms with Crippen molar-refractivity contribution in [2.75, 3.05) is 20.3 Å². The van der Waals surface area contributed by atoms with Crippen molar-refractivity contribution in [2.45, 2.75) is 33.2 Å². The van der Waals surface area contributed by atoms with Crippen LogP contribution >= 0.6 is 11.8 Å². The molecular formula is C19H23NO6S. The fraction of sp³-hybridized carbons (Fsp3) is 0.421. The van der Waals surface area contributed by atoms with Gasteiger partial charge in [-0.1, -0.05) is 13.0 Å². The first kappa shape index (κ1) is 20.8. The van der Waals surface area contributed by atoms with Gasteiger partial charge in [0.15, 0.2) is 18.1 Å². The van der Waals surface area contributed by atoms with Crippen molar-refractivity contribution < 1.29 is 28.6 Å². The Bertz CT molecular complexity index is 761. The number of hydrogen-bond donors (Lipinski definition) is 0. The van der Waals surface area contributed by atoms with E-state index in [1.165, 1.54) is 12.0 Å². The molecule has 2 rings (SSSR count). The van der Waals surface area contributed by atoms with Gasteiger partial charge in [0, 0.05) is 6.04 Å². The molecule has 0 unspecified atom stereocenters. The average Bonchev–Trinajstić information content (AvgIpc) is 2.93. The number of benzene rings is 1. The number of rotatable bonds is 8. The highest BCUT2D eigenvalue weighted by molar-refractivity contribution is 8.18. The molecule has 0 N–H and O–H groups in total. The molecule has 8 heteroatoms. The van der Waals surface area contributed by atoms with Crippen LogP contribution in [0.15, 0.2) is 23.1 Å². The Hall–Kier alpha value is -2.48. The predicted octanol–water partition coefficient (Wildman–Crippen LogP) is 3.47. The maximum absolute atomic E-state index is 12.5. The van der Waals surface area contributed by atoms with Crippen LogP contribution in [0, 0.1) is 0 Å². The van der Waals surface area contributed by atoms with Crippen molar-refractivity contribution >= 4 is 35.0 Å². The normalized spacial score (nSPS) is 16.6. The minimum atomic E-state index is -0.500. The van der Waals surface area contributed by atoms with Crippen molar-refractivity contribution in [1.82, 2.24) is 4.90 Å². The fourth-order valence-electron chi connectivity index (χ4n) is 2.39. The zero-order valence-electron chi connectivity index (χ0n) is 15.8. The summed E-state index contributed by atoms with van der Waals surface area (Å²) < 4.78 is 15.5. The molecule has 0 aliphatic carbocycles. The van der Waals surface area contributed by atoms with Gasteiger partial charge in [-0.15, -0.1) is 0 Å². The molecule has 1 atom stereocenters. The first-order valence-electron chi connectivity index (χ1n) is 8.64. The van der Waals surface area contributed by atoms with Crippen LogP contribution < -0.4 is 9.47 Å². The molecule has 1 aliphatic heterocycles. The second-order valence-electron chi connectivity index (χ2n) is 5.81. The summed E-state index contributed by atoms with van der Waals surface area (Å²) in [5.74, 6) is 0.0481. The van der Waals surface area contributed by atoms with Gasteiger partial charge in [0.25, 0.3) is 11.1 Å². The van der Waals surface area contributed by atoms with Crippen molar-refractivity contribution in [2.24, 2.45) is 0 Å². The Morgan fingerprint density at radius 2 is 1.96 bits per heavy atom. The molecule has 7 nitrogen and oxygen atoms in total. The molecule has 1 heterocycles. The lowest BCUT2D eigenvalue weighted by Gasteiger charge is -2.19. The monoisotopic (exact) mass is 393 g/mol. The summed E-state index contributed by atoms with van der Waals surface area (Å²) in [7, 11) is 1.28. The Morgan fingerprint density at radius 3 is 2.59 bits per heavy atom. The van der Waals surface area contributed by atoms with E-state index in [1.54, 1.807) is 24.3 Å². The standard InChI is InChI=1S/C19H23NO6S/c1-5-12(3)20-18(22)16(27-19(20)23)10-13-7-8-14(15(9-13)25-6-2)26-11-17(21)24-4/h7-10,12H,5-6,11H2,1-4H3/b16-10-/t12-/m0/s1.